The quantitative estimate of drug-likeness (QED) is 0.125. The van der Waals surface area contributed by atoms with Crippen molar-refractivity contribution in [2.45, 2.75) is 148 Å². The molecule has 0 aliphatic carbocycles. The summed E-state index contributed by atoms with van der Waals surface area (Å²) in [6.45, 7) is 2.83. The lowest BCUT2D eigenvalue weighted by atomic mass is 10.0. The zero-order valence-electron chi connectivity index (χ0n) is 19.9. The van der Waals surface area contributed by atoms with Crippen LogP contribution in [-0.4, -0.2) is 23.7 Å². The lowest BCUT2D eigenvalue weighted by Gasteiger charge is -2.05. The summed E-state index contributed by atoms with van der Waals surface area (Å²) in [5.41, 5.74) is 0. The van der Waals surface area contributed by atoms with Gasteiger partial charge in [-0.3, -0.25) is 9.59 Å². The highest BCUT2D eigenvalue weighted by Crippen LogP contribution is 2.14. The fourth-order valence-electron chi connectivity index (χ4n) is 3.81. The van der Waals surface area contributed by atoms with Crippen LogP contribution in [0.25, 0.3) is 0 Å². The molecule has 0 atom stereocenters. The van der Waals surface area contributed by atoms with E-state index in [9.17, 15) is 9.59 Å². The summed E-state index contributed by atoms with van der Waals surface area (Å²) >= 11 is 0. The summed E-state index contributed by atoms with van der Waals surface area (Å²) < 4.78 is 5.31. The first-order valence-corrected chi connectivity index (χ1v) is 13.0. The molecule has 0 aromatic rings. The molecule has 0 heterocycles. The molecule has 0 saturated carbocycles. The number of hydrogen-bond donors (Lipinski definition) is 1. The molecule has 0 aromatic carbocycles. The van der Waals surface area contributed by atoms with Gasteiger partial charge in [0.1, 0.15) is 0 Å². The molecule has 0 fully saturated rings. The third kappa shape index (κ3) is 25.0. The molecular formula is C26H50O4. The number of ether oxygens (including phenoxy) is 1. The first-order valence-electron chi connectivity index (χ1n) is 13.0. The Labute approximate surface area is 186 Å². The Morgan fingerprint density at radius 1 is 0.533 bits per heavy atom. The largest absolute Gasteiger partial charge is 0.481 e. The van der Waals surface area contributed by atoms with E-state index in [1.165, 1.54) is 96.3 Å². The van der Waals surface area contributed by atoms with Gasteiger partial charge in [-0.25, -0.2) is 0 Å². The van der Waals surface area contributed by atoms with Gasteiger partial charge in [0.15, 0.2) is 0 Å². The topological polar surface area (TPSA) is 63.6 Å². The first kappa shape index (κ1) is 28.9. The summed E-state index contributed by atoms with van der Waals surface area (Å²) in [4.78, 5) is 22.1. The highest BCUT2D eigenvalue weighted by molar-refractivity contribution is 5.69. The molecule has 0 rings (SSSR count). The highest BCUT2D eigenvalue weighted by Gasteiger charge is 2.02. The minimum atomic E-state index is -0.670. The molecular weight excluding hydrogens is 376 g/mol. The molecule has 0 aliphatic heterocycles. The van der Waals surface area contributed by atoms with E-state index in [4.69, 9.17) is 9.84 Å². The van der Waals surface area contributed by atoms with E-state index in [0.29, 0.717) is 19.4 Å². The second kappa shape index (κ2) is 24.2. The van der Waals surface area contributed by atoms with Crippen LogP contribution in [0, 0.1) is 0 Å². The number of carboxylic acids is 1. The maximum Gasteiger partial charge on any atom is 0.305 e. The predicted octanol–water partition coefficient (Wildman–Crippen LogP) is 8.22. The van der Waals surface area contributed by atoms with Gasteiger partial charge in [0.05, 0.1) is 6.61 Å². The maximum atomic E-state index is 11.7. The van der Waals surface area contributed by atoms with E-state index in [0.717, 1.165) is 32.1 Å². The van der Waals surface area contributed by atoms with Crippen LogP contribution in [0.5, 0.6) is 0 Å². The molecule has 0 spiro atoms. The second-order valence-corrected chi connectivity index (χ2v) is 8.83. The van der Waals surface area contributed by atoms with Crippen LogP contribution in [0.2, 0.25) is 0 Å². The molecule has 0 unspecified atom stereocenters. The number of unbranched alkanes of at least 4 members (excludes halogenated alkanes) is 18. The molecule has 0 aromatic heterocycles. The van der Waals surface area contributed by atoms with Gasteiger partial charge in [0, 0.05) is 12.8 Å². The Bertz CT molecular complexity index is 381. The molecule has 4 nitrogen and oxygen atoms in total. The van der Waals surface area contributed by atoms with Crippen molar-refractivity contribution in [1.29, 1.82) is 0 Å². The smallest absolute Gasteiger partial charge is 0.305 e. The standard InChI is InChI=1S/C26H50O4/c1-2-3-4-5-18-21-24-30-26(29)23-20-17-15-13-11-9-7-6-8-10-12-14-16-19-22-25(27)28/h2-24H2,1H3,(H,27,28). The molecule has 0 radical (unpaired) electrons. The van der Waals surface area contributed by atoms with E-state index >= 15 is 0 Å². The van der Waals surface area contributed by atoms with Crippen molar-refractivity contribution >= 4 is 11.9 Å². The fraction of sp³-hybridized carbons (Fsp3) is 0.923. The van der Waals surface area contributed by atoms with Crippen molar-refractivity contribution in [3.63, 3.8) is 0 Å². The minimum Gasteiger partial charge on any atom is -0.481 e. The monoisotopic (exact) mass is 426 g/mol. The third-order valence-corrected chi connectivity index (χ3v) is 5.78. The van der Waals surface area contributed by atoms with Crippen molar-refractivity contribution in [3.8, 4) is 0 Å². The predicted molar refractivity (Wildman–Crippen MR) is 126 cm³/mol. The number of carbonyl (C=O) groups excluding carboxylic acids is 1. The average Bonchev–Trinajstić information content (AvgIpc) is 2.72. The van der Waals surface area contributed by atoms with Gasteiger partial charge in [0.25, 0.3) is 0 Å². The number of esters is 1. The maximum absolute atomic E-state index is 11.7. The van der Waals surface area contributed by atoms with E-state index in [1.54, 1.807) is 0 Å². The van der Waals surface area contributed by atoms with Crippen LogP contribution in [-0.2, 0) is 14.3 Å². The number of carboxylic acid groups (broad SMARTS) is 1. The molecule has 0 bridgehead atoms. The van der Waals surface area contributed by atoms with Crippen LogP contribution in [0.3, 0.4) is 0 Å². The van der Waals surface area contributed by atoms with Gasteiger partial charge in [-0.2, -0.15) is 0 Å². The average molecular weight is 427 g/mol. The molecule has 0 aliphatic rings. The Morgan fingerprint density at radius 3 is 1.33 bits per heavy atom. The Balaban J connectivity index is 3.13. The van der Waals surface area contributed by atoms with E-state index < -0.39 is 5.97 Å². The lowest BCUT2D eigenvalue weighted by molar-refractivity contribution is -0.144. The van der Waals surface area contributed by atoms with Crippen molar-refractivity contribution in [3.05, 3.63) is 0 Å². The Hall–Kier alpha value is -1.06. The van der Waals surface area contributed by atoms with Crippen LogP contribution < -0.4 is 0 Å². The van der Waals surface area contributed by atoms with Gasteiger partial charge >= 0.3 is 11.9 Å². The van der Waals surface area contributed by atoms with Crippen LogP contribution in [0.4, 0.5) is 0 Å². The van der Waals surface area contributed by atoms with Gasteiger partial charge in [-0.1, -0.05) is 116 Å². The number of carbonyl (C=O) groups is 2. The van der Waals surface area contributed by atoms with Crippen LogP contribution >= 0.6 is 0 Å². The molecule has 0 saturated heterocycles. The van der Waals surface area contributed by atoms with Crippen molar-refractivity contribution in [2.75, 3.05) is 6.61 Å². The minimum absolute atomic E-state index is 0.00885. The normalized spacial score (nSPS) is 11.0. The molecule has 178 valence electrons. The summed E-state index contributed by atoms with van der Waals surface area (Å²) in [7, 11) is 0. The lowest BCUT2D eigenvalue weighted by Crippen LogP contribution is -2.05. The number of aliphatic carboxylic acids is 1. The van der Waals surface area contributed by atoms with Crippen molar-refractivity contribution in [2.24, 2.45) is 0 Å². The Kier molecular flexibility index (Phi) is 23.4. The SMILES string of the molecule is CCCCCCCCOC(=O)CCCCCCCCCCCCCCCCC(=O)O. The number of hydrogen-bond acceptors (Lipinski definition) is 3. The summed E-state index contributed by atoms with van der Waals surface area (Å²) in [6.07, 6.45) is 25.2. The van der Waals surface area contributed by atoms with E-state index in [2.05, 4.69) is 6.92 Å². The zero-order valence-corrected chi connectivity index (χ0v) is 19.9. The molecule has 1 N–H and O–H groups in total. The summed E-state index contributed by atoms with van der Waals surface area (Å²) in [6, 6.07) is 0. The molecule has 4 heteroatoms. The Morgan fingerprint density at radius 2 is 0.900 bits per heavy atom. The first-order chi connectivity index (χ1) is 14.7. The van der Waals surface area contributed by atoms with Gasteiger partial charge < -0.3 is 9.84 Å². The van der Waals surface area contributed by atoms with E-state index in [-0.39, 0.29) is 5.97 Å². The van der Waals surface area contributed by atoms with Gasteiger partial charge in [-0.15, -0.1) is 0 Å². The van der Waals surface area contributed by atoms with Crippen molar-refractivity contribution in [1.82, 2.24) is 0 Å². The highest BCUT2D eigenvalue weighted by atomic mass is 16.5. The van der Waals surface area contributed by atoms with Crippen molar-refractivity contribution < 1.29 is 19.4 Å². The van der Waals surface area contributed by atoms with E-state index in [1.807, 2.05) is 0 Å². The molecule has 0 amide bonds. The third-order valence-electron chi connectivity index (χ3n) is 5.78. The van der Waals surface area contributed by atoms with Gasteiger partial charge in [-0.05, 0) is 19.3 Å². The van der Waals surface area contributed by atoms with Gasteiger partial charge in [0.2, 0.25) is 0 Å². The zero-order chi connectivity index (χ0) is 22.1. The molecule has 30 heavy (non-hydrogen) atoms. The van der Waals surface area contributed by atoms with Crippen LogP contribution in [0.1, 0.15) is 148 Å². The second-order valence-electron chi connectivity index (χ2n) is 8.83. The summed E-state index contributed by atoms with van der Waals surface area (Å²) in [5, 5.41) is 8.58. The van der Waals surface area contributed by atoms with Crippen LogP contribution in [0.15, 0.2) is 0 Å². The number of rotatable bonds is 24. The fourth-order valence-corrected chi connectivity index (χ4v) is 3.81. The summed E-state index contributed by atoms with van der Waals surface area (Å²) in [5.74, 6) is -0.679.